The van der Waals surface area contributed by atoms with E-state index in [4.69, 9.17) is 0 Å². The van der Waals surface area contributed by atoms with Crippen molar-refractivity contribution in [1.82, 2.24) is 4.90 Å². The van der Waals surface area contributed by atoms with E-state index < -0.39 is 0 Å². The molecule has 1 aliphatic heterocycles. The fourth-order valence-electron chi connectivity index (χ4n) is 3.25. The molecule has 4 heteroatoms. The standard InChI is InChI=1S/C19H27NO3/c1-15-6-3-4-8-17(15)10-9-16-7-5-13-20(14-16)18(21)11-12-19(22)23-2/h3-4,6,8,16H,5,7,9-14H2,1-2H3/t16-/m1/s1. The van der Waals surface area contributed by atoms with Crippen molar-refractivity contribution in [1.29, 1.82) is 0 Å². The van der Waals surface area contributed by atoms with E-state index in [1.165, 1.54) is 24.7 Å². The Kier molecular flexibility index (Phi) is 6.63. The summed E-state index contributed by atoms with van der Waals surface area (Å²) in [6.45, 7) is 3.80. The van der Waals surface area contributed by atoms with Gasteiger partial charge in [-0.2, -0.15) is 0 Å². The lowest BCUT2D eigenvalue weighted by Crippen LogP contribution is -2.40. The summed E-state index contributed by atoms with van der Waals surface area (Å²) < 4.78 is 4.60. The fraction of sp³-hybridized carbons (Fsp3) is 0.579. The van der Waals surface area contributed by atoms with Crippen LogP contribution in [0, 0.1) is 12.8 Å². The highest BCUT2D eigenvalue weighted by atomic mass is 16.5. The van der Waals surface area contributed by atoms with E-state index in [2.05, 4.69) is 35.9 Å². The van der Waals surface area contributed by atoms with Crippen LogP contribution in [0.2, 0.25) is 0 Å². The number of carbonyl (C=O) groups is 2. The number of aryl methyl sites for hydroxylation is 2. The molecule has 0 bridgehead atoms. The van der Waals surface area contributed by atoms with E-state index in [0.717, 1.165) is 32.4 Å². The van der Waals surface area contributed by atoms with Crippen molar-refractivity contribution in [3.05, 3.63) is 35.4 Å². The van der Waals surface area contributed by atoms with Crippen LogP contribution in [0.1, 0.15) is 43.2 Å². The number of piperidine rings is 1. The highest BCUT2D eigenvalue weighted by molar-refractivity contribution is 5.81. The number of rotatable bonds is 6. The van der Waals surface area contributed by atoms with Crippen LogP contribution in [0.15, 0.2) is 24.3 Å². The van der Waals surface area contributed by atoms with Crippen molar-refractivity contribution >= 4 is 11.9 Å². The van der Waals surface area contributed by atoms with Crippen molar-refractivity contribution in [2.45, 2.75) is 45.4 Å². The minimum absolute atomic E-state index is 0.0796. The lowest BCUT2D eigenvalue weighted by Gasteiger charge is -2.33. The summed E-state index contributed by atoms with van der Waals surface area (Å²) in [6, 6.07) is 8.50. The molecule has 0 unspecified atom stereocenters. The summed E-state index contributed by atoms with van der Waals surface area (Å²) in [7, 11) is 1.36. The summed E-state index contributed by atoms with van der Waals surface area (Å²) in [4.78, 5) is 25.3. The van der Waals surface area contributed by atoms with Gasteiger partial charge in [-0.1, -0.05) is 24.3 Å². The Morgan fingerprint density at radius 3 is 2.78 bits per heavy atom. The molecule has 1 heterocycles. The van der Waals surface area contributed by atoms with Gasteiger partial charge in [-0.3, -0.25) is 9.59 Å². The number of hydrogen-bond acceptors (Lipinski definition) is 3. The first kappa shape index (κ1) is 17.5. The zero-order chi connectivity index (χ0) is 16.7. The van der Waals surface area contributed by atoms with Crippen molar-refractivity contribution < 1.29 is 14.3 Å². The number of carbonyl (C=O) groups excluding carboxylic acids is 2. The Hall–Kier alpha value is -1.84. The molecule has 1 fully saturated rings. The zero-order valence-electron chi connectivity index (χ0n) is 14.2. The van der Waals surface area contributed by atoms with Gasteiger partial charge in [0, 0.05) is 19.5 Å². The molecule has 4 nitrogen and oxygen atoms in total. The maximum atomic E-state index is 12.2. The summed E-state index contributed by atoms with van der Waals surface area (Å²) in [5.74, 6) is 0.327. The number of nitrogens with zero attached hydrogens (tertiary/aromatic N) is 1. The number of hydrogen-bond donors (Lipinski definition) is 0. The van der Waals surface area contributed by atoms with Crippen LogP contribution in [0.3, 0.4) is 0 Å². The molecule has 2 rings (SSSR count). The van der Waals surface area contributed by atoms with Crippen molar-refractivity contribution in [2.75, 3.05) is 20.2 Å². The molecule has 0 aliphatic carbocycles. The van der Waals surface area contributed by atoms with E-state index >= 15 is 0 Å². The fourth-order valence-corrected chi connectivity index (χ4v) is 3.25. The Labute approximate surface area is 138 Å². The smallest absolute Gasteiger partial charge is 0.306 e. The van der Waals surface area contributed by atoms with E-state index in [0.29, 0.717) is 5.92 Å². The normalized spacial score (nSPS) is 17.8. The Balaban J connectivity index is 1.80. The quantitative estimate of drug-likeness (QED) is 0.757. The number of benzene rings is 1. The molecule has 0 spiro atoms. The average Bonchev–Trinajstić information content (AvgIpc) is 2.59. The second-order valence-electron chi connectivity index (χ2n) is 6.39. The van der Waals surface area contributed by atoms with Crippen LogP contribution >= 0.6 is 0 Å². The Morgan fingerprint density at radius 2 is 2.04 bits per heavy atom. The third-order valence-corrected chi connectivity index (χ3v) is 4.73. The zero-order valence-corrected chi connectivity index (χ0v) is 14.2. The van der Waals surface area contributed by atoms with Crippen LogP contribution < -0.4 is 0 Å². The minimum Gasteiger partial charge on any atom is -0.469 e. The summed E-state index contributed by atoms with van der Waals surface area (Å²) >= 11 is 0. The molecule has 1 aromatic rings. The highest BCUT2D eigenvalue weighted by Gasteiger charge is 2.23. The minimum atomic E-state index is -0.313. The summed E-state index contributed by atoms with van der Waals surface area (Å²) in [5, 5.41) is 0. The van der Waals surface area contributed by atoms with Crippen LogP contribution in [0.25, 0.3) is 0 Å². The topological polar surface area (TPSA) is 46.6 Å². The molecule has 1 atom stereocenters. The number of methoxy groups -OCH3 is 1. The molecule has 0 saturated carbocycles. The lowest BCUT2D eigenvalue weighted by molar-refractivity contribution is -0.144. The van der Waals surface area contributed by atoms with Gasteiger partial charge in [-0.05, 0) is 49.7 Å². The molecule has 0 N–H and O–H groups in total. The molecule has 1 amide bonds. The number of amides is 1. The van der Waals surface area contributed by atoms with Gasteiger partial charge < -0.3 is 9.64 Å². The first-order chi connectivity index (χ1) is 11.1. The predicted molar refractivity (Wildman–Crippen MR) is 90.1 cm³/mol. The van der Waals surface area contributed by atoms with Crippen LogP contribution in [-0.4, -0.2) is 37.0 Å². The van der Waals surface area contributed by atoms with Gasteiger partial charge in [0.2, 0.25) is 5.91 Å². The Bertz CT molecular complexity index is 541. The molecule has 0 radical (unpaired) electrons. The maximum Gasteiger partial charge on any atom is 0.306 e. The molecular weight excluding hydrogens is 290 g/mol. The average molecular weight is 317 g/mol. The van der Waals surface area contributed by atoms with Gasteiger partial charge in [0.15, 0.2) is 0 Å². The first-order valence-electron chi connectivity index (χ1n) is 8.49. The first-order valence-corrected chi connectivity index (χ1v) is 8.49. The maximum absolute atomic E-state index is 12.2. The molecule has 0 aromatic heterocycles. The monoisotopic (exact) mass is 317 g/mol. The second-order valence-corrected chi connectivity index (χ2v) is 6.39. The van der Waals surface area contributed by atoms with E-state index in [1.54, 1.807) is 0 Å². The van der Waals surface area contributed by atoms with E-state index in [1.807, 2.05) is 4.90 Å². The van der Waals surface area contributed by atoms with Crippen molar-refractivity contribution in [3.63, 3.8) is 0 Å². The number of esters is 1. The second kappa shape index (κ2) is 8.70. The van der Waals surface area contributed by atoms with E-state index in [-0.39, 0.29) is 24.7 Å². The summed E-state index contributed by atoms with van der Waals surface area (Å²) in [6.07, 6.45) is 4.87. The molecule has 1 aromatic carbocycles. The van der Waals surface area contributed by atoms with Crippen LogP contribution in [0.4, 0.5) is 0 Å². The van der Waals surface area contributed by atoms with Gasteiger partial charge in [-0.25, -0.2) is 0 Å². The third kappa shape index (κ3) is 5.38. The molecule has 1 aliphatic rings. The van der Waals surface area contributed by atoms with Crippen LogP contribution in [0.5, 0.6) is 0 Å². The molecule has 126 valence electrons. The highest BCUT2D eigenvalue weighted by Crippen LogP contribution is 2.23. The SMILES string of the molecule is COC(=O)CCC(=O)N1CCC[C@H](CCc2ccccc2C)C1. The number of likely N-dealkylation sites (tertiary alicyclic amines) is 1. The van der Waals surface area contributed by atoms with E-state index in [9.17, 15) is 9.59 Å². The molecule has 23 heavy (non-hydrogen) atoms. The summed E-state index contributed by atoms with van der Waals surface area (Å²) in [5.41, 5.74) is 2.75. The Morgan fingerprint density at radius 1 is 1.26 bits per heavy atom. The largest absolute Gasteiger partial charge is 0.469 e. The van der Waals surface area contributed by atoms with Gasteiger partial charge in [0.05, 0.1) is 13.5 Å². The molecule has 1 saturated heterocycles. The van der Waals surface area contributed by atoms with Gasteiger partial charge in [0.1, 0.15) is 0 Å². The molecular formula is C19H27NO3. The van der Waals surface area contributed by atoms with Crippen molar-refractivity contribution in [3.8, 4) is 0 Å². The van der Waals surface area contributed by atoms with Gasteiger partial charge in [-0.15, -0.1) is 0 Å². The predicted octanol–water partition coefficient (Wildman–Crippen LogP) is 3.12. The van der Waals surface area contributed by atoms with Gasteiger partial charge in [0.25, 0.3) is 0 Å². The lowest BCUT2D eigenvalue weighted by atomic mass is 9.90. The van der Waals surface area contributed by atoms with Gasteiger partial charge >= 0.3 is 5.97 Å². The number of ether oxygens (including phenoxy) is 1. The van der Waals surface area contributed by atoms with Crippen molar-refractivity contribution in [2.24, 2.45) is 5.92 Å². The third-order valence-electron chi connectivity index (χ3n) is 4.73. The van der Waals surface area contributed by atoms with Crippen LogP contribution in [-0.2, 0) is 20.7 Å².